The zero-order valence-corrected chi connectivity index (χ0v) is 10.5. The molecule has 1 saturated heterocycles. The Balaban J connectivity index is 2.15. The summed E-state index contributed by atoms with van der Waals surface area (Å²) in [5, 5.41) is 2.90. The van der Waals surface area contributed by atoms with Crippen LogP contribution in [0.5, 0.6) is 0 Å². The Morgan fingerprint density at radius 2 is 2.00 bits per heavy atom. The van der Waals surface area contributed by atoms with Gasteiger partial charge in [-0.1, -0.05) is 36.9 Å². The molecule has 2 rings (SSSR count). The Bertz CT molecular complexity index is 348. The average molecular weight is 257 g/mol. The molecule has 0 radical (unpaired) electrons. The predicted octanol–water partition coefficient (Wildman–Crippen LogP) is 1.40. The van der Waals surface area contributed by atoms with Crippen LogP contribution < -0.4 is 5.32 Å². The second kappa shape index (κ2) is 5.08. The van der Waals surface area contributed by atoms with Crippen molar-refractivity contribution in [3.63, 3.8) is 0 Å². The van der Waals surface area contributed by atoms with Gasteiger partial charge in [0.15, 0.2) is 0 Å². The van der Waals surface area contributed by atoms with E-state index in [0.29, 0.717) is 6.54 Å². The van der Waals surface area contributed by atoms with Gasteiger partial charge in [-0.15, -0.1) is 0 Å². The molecule has 94 valence electrons. The van der Waals surface area contributed by atoms with Crippen molar-refractivity contribution in [1.29, 1.82) is 0 Å². The van der Waals surface area contributed by atoms with E-state index in [4.69, 9.17) is 11.6 Å². The maximum atomic E-state index is 12.4. The molecular formula is C12H17ClN2O2. The predicted molar refractivity (Wildman–Crippen MR) is 65.5 cm³/mol. The van der Waals surface area contributed by atoms with Crippen molar-refractivity contribution in [2.45, 2.75) is 37.6 Å². The molecule has 2 fully saturated rings. The van der Waals surface area contributed by atoms with Crippen molar-refractivity contribution < 1.29 is 9.59 Å². The fraction of sp³-hybridized carbons (Fsp3) is 0.667. The molecule has 2 amide bonds. The maximum absolute atomic E-state index is 12.4. The summed E-state index contributed by atoms with van der Waals surface area (Å²) in [6, 6.07) is 0. The first-order valence-corrected chi connectivity index (χ1v) is 6.47. The van der Waals surface area contributed by atoms with Crippen LogP contribution in [0.25, 0.3) is 0 Å². The van der Waals surface area contributed by atoms with Gasteiger partial charge in [-0.25, -0.2) is 0 Å². The van der Waals surface area contributed by atoms with Crippen LogP contribution in [0.15, 0.2) is 11.6 Å². The monoisotopic (exact) mass is 256 g/mol. The molecule has 0 unspecified atom stereocenters. The molecule has 1 aliphatic carbocycles. The Morgan fingerprint density at radius 1 is 1.29 bits per heavy atom. The SMILES string of the molecule is O=C1CN(C/C=C/Cl)C(=O)C2(CCCCC2)N1. The fourth-order valence-corrected chi connectivity index (χ4v) is 2.80. The van der Waals surface area contributed by atoms with Gasteiger partial charge in [0.2, 0.25) is 11.8 Å². The van der Waals surface area contributed by atoms with E-state index in [1.807, 2.05) is 0 Å². The zero-order valence-electron chi connectivity index (χ0n) is 9.75. The van der Waals surface area contributed by atoms with Crippen molar-refractivity contribution in [2.75, 3.05) is 13.1 Å². The normalized spacial score (nSPS) is 24.4. The van der Waals surface area contributed by atoms with Crippen LogP contribution >= 0.6 is 11.6 Å². The van der Waals surface area contributed by atoms with Crippen LogP contribution in [0.2, 0.25) is 0 Å². The van der Waals surface area contributed by atoms with E-state index < -0.39 is 5.54 Å². The largest absolute Gasteiger partial charge is 0.340 e. The molecule has 1 N–H and O–H groups in total. The van der Waals surface area contributed by atoms with Crippen molar-refractivity contribution in [3.8, 4) is 0 Å². The summed E-state index contributed by atoms with van der Waals surface area (Å²) in [6.07, 6.45) is 6.37. The van der Waals surface area contributed by atoms with E-state index in [1.165, 1.54) is 5.54 Å². The lowest BCUT2D eigenvalue weighted by molar-refractivity contribution is -0.150. The third-order valence-corrected chi connectivity index (χ3v) is 3.71. The molecule has 0 aromatic rings. The highest BCUT2D eigenvalue weighted by Crippen LogP contribution is 2.31. The minimum atomic E-state index is -0.631. The Labute approximate surface area is 106 Å². The summed E-state index contributed by atoms with van der Waals surface area (Å²) >= 11 is 5.46. The molecular weight excluding hydrogens is 240 g/mol. The highest BCUT2D eigenvalue weighted by atomic mass is 35.5. The minimum absolute atomic E-state index is 0.0477. The lowest BCUT2D eigenvalue weighted by Gasteiger charge is -2.43. The third-order valence-electron chi connectivity index (χ3n) is 3.53. The van der Waals surface area contributed by atoms with E-state index in [2.05, 4.69) is 5.32 Å². The number of hydrogen-bond donors (Lipinski definition) is 1. The molecule has 1 saturated carbocycles. The maximum Gasteiger partial charge on any atom is 0.249 e. The minimum Gasteiger partial charge on any atom is -0.340 e. The summed E-state index contributed by atoms with van der Waals surface area (Å²) in [7, 11) is 0. The number of amides is 2. The van der Waals surface area contributed by atoms with Crippen LogP contribution in [0.1, 0.15) is 32.1 Å². The summed E-state index contributed by atoms with van der Waals surface area (Å²) < 4.78 is 0. The first-order valence-electron chi connectivity index (χ1n) is 6.03. The standard InChI is InChI=1S/C12H17ClN2O2/c13-7-4-8-15-9-10(16)14-12(11(15)17)5-2-1-3-6-12/h4,7H,1-3,5-6,8-9H2,(H,14,16)/b7-4+. The average Bonchev–Trinajstić information content (AvgIpc) is 2.33. The summed E-state index contributed by atoms with van der Waals surface area (Å²) in [5.74, 6) is -0.0129. The van der Waals surface area contributed by atoms with Crippen LogP contribution in [0.4, 0.5) is 0 Å². The van der Waals surface area contributed by atoms with Gasteiger partial charge in [0.1, 0.15) is 5.54 Å². The molecule has 1 spiro atoms. The van der Waals surface area contributed by atoms with Gasteiger partial charge in [0.25, 0.3) is 0 Å². The summed E-state index contributed by atoms with van der Waals surface area (Å²) in [6.45, 7) is 0.555. The topological polar surface area (TPSA) is 49.4 Å². The first-order chi connectivity index (χ1) is 8.18. The van der Waals surface area contributed by atoms with Crippen molar-refractivity contribution in [2.24, 2.45) is 0 Å². The highest BCUT2D eigenvalue weighted by Gasteiger charge is 2.46. The number of nitrogens with zero attached hydrogens (tertiary/aromatic N) is 1. The first kappa shape index (κ1) is 12.4. The smallest absolute Gasteiger partial charge is 0.249 e. The third kappa shape index (κ3) is 2.46. The number of piperazine rings is 1. The Kier molecular flexibility index (Phi) is 3.72. The molecule has 0 bridgehead atoms. The Hall–Kier alpha value is -1.03. The molecule has 0 atom stereocenters. The second-order valence-corrected chi connectivity index (χ2v) is 4.99. The van der Waals surface area contributed by atoms with Gasteiger partial charge in [0.05, 0.1) is 6.54 Å². The number of nitrogens with one attached hydrogen (secondary N) is 1. The zero-order chi connectivity index (χ0) is 12.3. The molecule has 4 nitrogen and oxygen atoms in total. The number of hydrogen-bond acceptors (Lipinski definition) is 2. The summed E-state index contributed by atoms with van der Waals surface area (Å²) in [4.78, 5) is 25.7. The van der Waals surface area contributed by atoms with E-state index in [1.54, 1.807) is 11.0 Å². The molecule has 1 heterocycles. The van der Waals surface area contributed by atoms with Gasteiger partial charge in [-0.3, -0.25) is 9.59 Å². The Morgan fingerprint density at radius 3 is 2.65 bits per heavy atom. The van der Waals surface area contributed by atoms with Gasteiger partial charge in [0, 0.05) is 12.1 Å². The lowest BCUT2D eigenvalue weighted by atomic mass is 9.79. The number of halogens is 1. The highest BCUT2D eigenvalue weighted by molar-refractivity contribution is 6.25. The molecule has 17 heavy (non-hydrogen) atoms. The molecule has 0 aromatic carbocycles. The van der Waals surface area contributed by atoms with Crippen LogP contribution in [-0.4, -0.2) is 35.3 Å². The van der Waals surface area contributed by atoms with Crippen molar-refractivity contribution >= 4 is 23.4 Å². The van der Waals surface area contributed by atoms with E-state index in [9.17, 15) is 9.59 Å². The molecule has 5 heteroatoms. The van der Waals surface area contributed by atoms with Crippen molar-refractivity contribution in [1.82, 2.24) is 10.2 Å². The van der Waals surface area contributed by atoms with Gasteiger partial charge in [-0.2, -0.15) is 0 Å². The van der Waals surface area contributed by atoms with E-state index in [-0.39, 0.29) is 18.4 Å². The fourth-order valence-electron chi connectivity index (χ4n) is 2.72. The van der Waals surface area contributed by atoms with Crippen molar-refractivity contribution in [3.05, 3.63) is 11.6 Å². The van der Waals surface area contributed by atoms with Gasteiger partial charge < -0.3 is 10.2 Å². The molecule has 2 aliphatic rings. The second-order valence-electron chi connectivity index (χ2n) is 4.74. The summed E-state index contributed by atoms with van der Waals surface area (Å²) in [5.41, 5.74) is 0.751. The number of carbonyl (C=O) groups excluding carboxylic acids is 2. The number of rotatable bonds is 2. The lowest BCUT2D eigenvalue weighted by Crippen LogP contribution is -2.67. The molecule has 0 aromatic heterocycles. The van der Waals surface area contributed by atoms with Gasteiger partial charge in [-0.05, 0) is 12.8 Å². The van der Waals surface area contributed by atoms with Gasteiger partial charge >= 0.3 is 0 Å². The number of carbonyl (C=O) groups is 2. The molecule has 1 aliphatic heterocycles. The van der Waals surface area contributed by atoms with Crippen LogP contribution in [-0.2, 0) is 9.59 Å². The van der Waals surface area contributed by atoms with E-state index >= 15 is 0 Å². The van der Waals surface area contributed by atoms with E-state index in [0.717, 1.165) is 32.1 Å². The quantitative estimate of drug-likeness (QED) is 0.812. The van der Waals surface area contributed by atoms with Crippen LogP contribution in [0, 0.1) is 0 Å². The van der Waals surface area contributed by atoms with Crippen LogP contribution in [0.3, 0.4) is 0 Å².